The van der Waals surface area contributed by atoms with Gasteiger partial charge in [-0.05, 0) is 41.8 Å². The first-order valence-electron chi connectivity index (χ1n) is 10.9. The van der Waals surface area contributed by atoms with Crippen LogP contribution in [-0.4, -0.2) is 43.3 Å². The minimum absolute atomic E-state index is 0.0577. The number of nitrogens with one attached hydrogen (secondary N) is 1. The predicted molar refractivity (Wildman–Crippen MR) is 132 cm³/mol. The van der Waals surface area contributed by atoms with Gasteiger partial charge in [-0.1, -0.05) is 29.8 Å². The number of halogens is 1. The summed E-state index contributed by atoms with van der Waals surface area (Å²) in [7, 11) is 1.80. The van der Waals surface area contributed by atoms with Gasteiger partial charge >= 0.3 is 5.97 Å². The molecule has 5 rings (SSSR count). The molecule has 1 aliphatic rings. The van der Waals surface area contributed by atoms with E-state index in [-0.39, 0.29) is 17.9 Å². The normalized spacial score (nSPS) is 12.5. The van der Waals surface area contributed by atoms with Crippen molar-refractivity contribution in [2.75, 3.05) is 16.8 Å². The number of fused-ring (bicyclic) bond motifs is 1. The van der Waals surface area contributed by atoms with E-state index in [9.17, 15) is 14.7 Å². The molecule has 2 aromatic carbocycles. The Balaban J connectivity index is 1.47. The lowest BCUT2D eigenvalue weighted by Crippen LogP contribution is -2.31. The second-order valence-electron chi connectivity index (χ2n) is 8.13. The Kier molecular flexibility index (Phi) is 5.92. The standard InChI is InChI=1S/C25H21ClN6O3/c1-31-21(7-10-28-31)30-25-27-9-6-20(29-25)17-12-16-8-11-32(23(16)18(13-17)24(34)35)22(33)14-15-4-2-3-5-19(15)26/h2-7,9-10,12-13H,8,11,14H2,1H3,(H,34,35)(H,27,29,30). The summed E-state index contributed by atoms with van der Waals surface area (Å²) in [5.74, 6) is -0.227. The highest BCUT2D eigenvalue weighted by molar-refractivity contribution is 6.31. The Labute approximate surface area is 206 Å². The number of hydrogen-bond acceptors (Lipinski definition) is 6. The first-order chi connectivity index (χ1) is 16.9. The molecule has 10 heteroatoms. The number of benzene rings is 2. The molecule has 0 radical (unpaired) electrons. The summed E-state index contributed by atoms with van der Waals surface area (Å²) in [5, 5.41) is 17.7. The van der Waals surface area contributed by atoms with E-state index in [2.05, 4.69) is 20.4 Å². The van der Waals surface area contributed by atoms with Crippen molar-refractivity contribution < 1.29 is 14.7 Å². The van der Waals surface area contributed by atoms with Crippen LogP contribution in [0, 0.1) is 0 Å². The smallest absolute Gasteiger partial charge is 0.337 e. The van der Waals surface area contributed by atoms with Crippen molar-refractivity contribution >= 4 is 40.9 Å². The molecule has 0 unspecified atom stereocenters. The third-order valence-corrected chi connectivity index (χ3v) is 6.28. The van der Waals surface area contributed by atoms with Gasteiger partial charge in [0.05, 0.1) is 29.6 Å². The molecule has 0 saturated heterocycles. The molecule has 3 heterocycles. The van der Waals surface area contributed by atoms with Gasteiger partial charge in [-0.3, -0.25) is 9.48 Å². The lowest BCUT2D eigenvalue weighted by molar-refractivity contribution is -0.117. The quantitative estimate of drug-likeness (QED) is 0.420. The first-order valence-corrected chi connectivity index (χ1v) is 11.3. The highest BCUT2D eigenvalue weighted by Gasteiger charge is 2.31. The van der Waals surface area contributed by atoms with Gasteiger partial charge in [0.25, 0.3) is 0 Å². The number of rotatable bonds is 6. The summed E-state index contributed by atoms with van der Waals surface area (Å²) in [4.78, 5) is 35.7. The predicted octanol–water partition coefficient (Wildman–Crippen LogP) is 4.10. The van der Waals surface area contributed by atoms with Crippen LogP contribution in [0.2, 0.25) is 5.02 Å². The van der Waals surface area contributed by atoms with Crippen LogP contribution >= 0.6 is 11.6 Å². The largest absolute Gasteiger partial charge is 0.478 e. The number of aryl methyl sites for hydroxylation is 1. The zero-order valence-electron chi connectivity index (χ0n) is 18.8. The molecule has 9 nitrogen and oxygen atoms in total. The Morgan fingerprint density at radius 1 is 1.14 bits per heavy atom. The van der Waals surface area contributed by atoms with E-state index in [0.717, 1.165) is 11.4 Å². The number of anilines is 3. The van der Waals surface area contributed by atoms with Crippen molar-refractivity contribution in [1.82, 2.24) is 19.7 Å². The fraction of sp³-hybridized carbons (Fsp3) is 0.160. The second-order valence-corrected chi connectivity index (χ2v) is 8.54. The van der Waals surface area contributed by atoms with Crippen molar-refractivity contribution in [3.63, 3.8) is 0 Å². The van der Waals surface area contributed by atoms with Crippen LogP contribution in [0.1, 0.15) is 21.5 Å². The molecule has 0 atom stereocenters. The number of carboxylic acid groups (broad SMARTS) is 1. The van der Waals surface area contributed by atoms with Crippen LogP contribution in [0.3, 0.4) is 0 Å². The van der Waals surface area contributed by atoms with Crippen molar-refractivity contribution in [3.8, 4) is 11.3 Å². The fourth-order valence-electron chi connectivity index (χ4n) is 4.20. The zero-order chi connectivity index (χ0) is 24.5. The number of carbonyl (C=O) groups excluding carboxylic acids is 1. The summed E-state index contributed by atoms with van der Waals surface area (Å²) in [6, 6.07) is 14.1. The molecule has 2 N–H and O–H groups in total. The van der Waals surface area contributed by atoms with E-state index in [1.54, 1.807) is 65.4 Å². The zero-order valence-corrected chi connectivity index (χ0v) is 19.5. The number of nitrogens with zero attached hydrogens (tertiary/aromatic N) is 5. The van der Waals surface area contributed by atoms with E-state index >= 15 is 0 Å². The van der Waals surface area contributed by atoms with Gasteiger partial charge in [-0.25, -0.2) is 14.8 Å². The Morgan fingerprint density at radius 3 is 2.71 bits per heavy atom. The number of carbonyl (C=O) groups is 2. The van der Waals surface area contributed by atoms with Crippen LogP contribution in [-0.2, 0) is 24.7 Å². The number of aromatic nitrogens is 4. The minimum atomic E-state index is -1.11. The van der Waals surface area contributed by atoms with E-state index < -0.39 is 5.97 Å². The number of amides is 1. The van der Waals surface area contributed by atoms with E-state index in [4.69, 9.17) is 11.6 Å². The molecular formula is C25H21ClN6O3. The lowest BCUT2D eigenvalue weighted by Gasteiger charge is -2.20. The highest BCUT2D eigenvalue weighted by Crippen LogP contribution is 2.37. The maximum Gasteiger partial charge on any atom is 0.337 e. The van der Waals surface area contributed by atoms with Gasteiger partial charge in [0, 0.05) is 36.4 Å². The SMILES string of the molecule is Cn1nccc1Nc1nccc(-c2cc3c(c(C(=O)O)c2)N(C(=O)Cc2ccccc2Cl)CC3)n1. The van der Waals surface area contributed by atoms with Gasteiger partial charge in [-0.15, -0.1) is 0 Å². The Hall–Kier alpha value is -4.24. The minimum Gasteiger partial charge on any atom is -0.478 e. The molecule has 0 fully saturated rings. The molecule has 35 heavy (non-hydrogen) atoms. The molecule has 0 saturated carbocycles. The molecule has 2 aromatic heterocycles. The van der Waals surface area contributed by atoms with Gasteiger partial charge < -0.3 is 15.3 Å². The molecule has 0 aliphatic carbocycles. The summed E-state index contributed by atoms with van der Waals surface area (Å²) >= 11 is 6.22. The second kappa shape index (κ2) is 9.19. The summed E-state index contributed by atoms with van der Waals surface area (Å²) in [6.07, 6.45) is 3.90. The van der Waals surface area contributed by atoms with E-state index in [0.29, 0.717) is 46.4 Å². The fourth-order valence-corrected chi connectivity index (χ4v) is 4.40. The van der Waals surface area contributed by atoms with Crippen LogP contribution in [0.25, 0.3) is 11.3 Å². The van der Waals surface area contributed by atoms with Gasteiger partial charge in [0.15, 0.2) is 0 Å². The van der Waals surface area contributed by atoms with Crippen LogP contribution in [0.4, 0.5) is 17.5 Å². The van der Waals surface area contributed by atoms with E-state index in [1.807, 2.05) is 12.1 Å². The van der Waals surface area contributed by atoms with Crippen molar-refractivity contribution in [1.29, 1.82) is 0 Å². The average molecular weight is 489 g/mol. The van der Waals surface area contributed by atoms with Gasteiger partial charge in [0.1, 0.15) is 5.82 Å². The number of hydrogen-bond donors (Lipinski definition) is 2. The third-order valence-electron chi connectivity index (χ3n) is 5.91. The van der Waals surface area contributed by atoms with Gasteiger partial charge in [0.2, 0.25) is 11.9 Å². The number of carboxylic acids is 1. The first kappa shape index (κ1) is 22.5. The van der Waals surface area contributed by atoms with E-state index in [1.165, 1.54) is 0 Å². The Morgan fingerprint density at radius 2 is 1.97 bits per heavy atom. The third kappa shape index (κ3) is 4.45. The van der Waals surface area contributed by atoms with Crippen molar-refractivity contribution in [2.24, 2.45) is 7.05 Å². The molecule has 0 bridgehead atoms. The van der Waals surface area contributed by atoms with Crippen LogP contribution in [0.5, 0.6) is 0 Å². The summed E-state index contributed by atoms with van der Waals surface area (Å²) in [6.45, 7) is 0.402. The number of aromatic carboxylic acids is 1. The maximum atomic E-state index is 13.1. The van der Waals surface area contributed by atoms with Crippen LogP contribution in [0.15, 0.2) is 60.9 Å². The molecule has 0 spiro atoms. The molecule has 1 aliphatic heterocycles. The Bertz CT molecular complexity index is 1450. The summed E-state index contributed by atoms with van der Waals surface area (Å²) < 4.78 is 1.65. The van der Waals surface area contributed by atoms with Crippen LogP contribution < -0.4 is 10.2 Å². The average Bonchev–Trinajstić information content (AvgIpc) is 3.46. The van der Waals surface area contributed by atoms with Crippen molar-refractivity contribution in [3.05, 3.63) is 82.6 Å². The van der Waals surface area contributed by atoms with Crippen molar-refractivity contribution in [2.45, 2.75) is 12.8 Å². The topological polar surface area (TPSA) is 113 Å². The monoisotopic (exact) mass is 488 g/mol. The molecule has 176 valence electrons. The highest BCUT2D eigenvalue weighted by atomic mass is 35.5. The lowest BCUT2D eigenvalue weighted by atomic mass is 10.0. The molecule has 4 aromatic rings. The maximum absolute atomic E-state index is 13.1. The van der Waals surface area contributed by atoms with Gasteiger partial charge in [-0.2, -0.15) is 5.10 Å². The molecule has 1 amide bonds. The summed E-state index contributed by atoms with van der Waals surface area (Å²) in [5.41, 5.74) is 3.18. The molecular weight excluding hydrogens is 468 g/mol.